The van der Waals surface area contributed by atoms with E-state index in [1.807, 2.05) is 6.92 Å². The second kappa shape index (κ2) is 5.08. The Hall–Kier alpha value is -0.920. The molecule has 0 saturated carbocycles. The fourth-order valence-corrected chi connectivity index (χ4v) is 0.171. The lowest BCUT2D eigenvalue weighted by molar-refractivity contribution is -0.106. The normalized spacial score (nSPS) is 11.0. The molecule has 0 heterocycles. The summed E-state index contributed by atoms with van der Waals surface area (Å²) in [5.74, 6) is 0. The summed E-state index contributed by atoms with van der Waals surface area (Å²) in [5.41, 5.74) is 0. The van der Waals surface area contributed by atoms with Crippen molar-refractivity contribution >= 4 is 12.6 Å². The van der Waals surface area contributed by atoms with Gasteiger partial charge in [0.2, 0.25) is 6.41 Å². The van der Waals surface area contributed by atoms with E-state index in [2.05, 4.69) is 4.99 Å². The molecule has 0 aromatic heterocycles. The zero-order valence-electron chi connectivity index (χ0n) is 4.16. The lowest BCUT2D eigenvalue weighted by atomic mass is 10.6. The van der Waals surface area contributed by atoms with E-state index < -0.39 is 0 Å². The van der Waals surface area contributed by atoms with E-state index in [0.717, 1.165) is 0 Å². The monoisotopic (exact) mass is 97.1 g/mol. The number of carbonyl (C=O) groups is 1. The number of hydrogen-bond donors (Lipinski definition) is 0. The molecule has 0 unspecified atom stereocenters. The molecule has 2 nitrogen and oxygen atoms in total. The Morgan fingerprint density at radius 3 is 2.71 bits per heavy atom. The van der Waals surface area contributed by atoms with Gasteiger partial charge in [0.15, 0.2) is 0 Å². The fourth-order valence-electron chi connectivity index (χ4n) is 0.171. The Balaban J connectivity index is 3.27. The number of allylic oxidation sites excluding steroid dienone is 2. The van der Waals surface area contributed by atoms with Crippen molar-refractivity contribution in [3.8, 4) is 0 Å². The maximum atomic E-state index is 9.45. The van der Waals surface area contributed by atoms with Crippen molar-refractivity contribution in [2.45, 2.75) is 6.92 Å². The van der Waals surface area contributed by atoms with Gasteiger partial charge in [-0.25, -0.2) is 4.99 Å². The van der Waals surface area contributed by atoms with E-state index >= 15 is 0 Å². The summed E-state index contributed by atoms with van der Waals surface area (Å²) in [6, 6.07) is 0. The molecule has 0 saturated heterocycles. The molecule has 0 rings (SSSR count). The molecule has 0 aromatic rings. The second-order valence-corrected chi connectivity index (χ2v) is 0.929. The molecule has 0 aromatic carbocycles. The first kappa shape index (κ1) is 6.08. The molecule has 0 aliphatic carbocycles. The van der Waals surface area contributed by atoms with Gasteiger partial charge in [-0.2, -0.15) is 0 Å². The molecule has 0 spiro atoms. The molecule has 38 valence electrons. The molecule has 0 radical (unpaired) electrons. The Morgan fingerprint density at radius 1 is 1.57 bits per heavy atom. The first-order valence-corrected chi connectivity index (χ1v) is 2.00. The Bertz CT molecular complexity index is 94.3. The quantitative estimate of drug-likeness (QED) is 0.370. The van der Waals surface area contributed by atoms with Crippen LogP contribution in [-0.4, -0.2) is 12.6 Å². The topological polar surface area (TPSA) is 29.4 Å². The lowest BCUT2D eigenvalue weighted by Crippen LogP contribution is -1.62. The van der Waals surface area contributed by atoms with Gasteiger partial charge >= 0.3 is 0 Å². The van der Waals surface area contributed by atoms with Gasteiger partial charge in [0.25, 0.3) is 0 Å². The van der Waals surface area contributed by atoms with Crippen molar-refractivity contribution < 1.29 is 4.79 Å². The maximum absolute atomic E-state index is 9.45. The van der Waals surface area contributed by atoms with E-state index in [1.54, 1.807) is 12.2 Å². The zero-order valence-corrected chi connectivity index (χ0v) is 4.16. The minimum absolute atomic E-state index is 0.500. The molecule has 0 aliphatic rings. The van der Waals surface area contributed by atoms with Crippen molar-refractivity contribution in [2.75, 3.05) is 0 Å². The van der Waals surface area contributed by atoms with Crippen LogP contribution in [0.2, 0.25) is 0 Å². The molecular formula is C5H7NO. The Morgan fingerprint density at radius 2 is 2.29 bits per heavy atom. The first-order chi connectivity index (χ1) is 3.41. The predicted octanol–water partition coefficient (Wildman–Crippen LogP) is 0.790. The van der Waals surface area contributed by atoms with E-state index in [-0.39, 0.29) is 0 Å². The predicted molar refractivity (Wildman–Crippen MR) is 29.4 cm³/mol. The molecular weight excluding hydrogens is 90.1 g/mol. The highest BCUT2D eigenvalue weighted by atomic mass is 16.1. The van der Waals surface area contributed by atoms with Crippen LogP contribution in [0.25, 0.3) is 0 Å². The summed E-state index contributed by atoms with van der Waals surface area (Å²) in [7, 11) is 0. The summed E-state index contributed by atoms with van der Waals surface area (Å²) in [6.45, 7) is 1.86. The van der Waals surface area contributed by atoms with E-state index in [0.29, 0.717) is 6.41 Å². The molecule has 2 heteroatoms. The number of amides is 1. The third-order valence-corrected chi connectivity index (χ3v) is 0.425. The number of rotatable bonds is 2. The second-order valence-electron chi connectivity index (χ2n) is 0.929. The largest absolute Gasteiger partial charge is 0.276 e. The van der Waals surface area contributed by atoms with Crippen molar-refractivity contribution in [1.82, 2.24) is 0 Å². The highest BCUT2D eigenvalue weighted by Gasteiger charge is 1.55. The third kappa shape index (κ3) is 5.08. The fraction of sp³-hybridized carbons (Fsp3) is 0.200. The standard InChI is InChI=1S/C5H7NO/c1-2-3-4-6-5-7/h2-5H,1H3/b3-2-,6-4?. The molecule has 7 heavy (non-hydrogen) atoms. The van der Waals surface area contributed by atoms with Crippen molar-refractivity contribution in [3.05, 3.63) is 12.2 Å². The van der Waals surface area contributed by atoms with Gasteiger partial charge in [-0.1, -0.05) is 6.08 Å². The minimum Gasteiger partial charge on any atom is -0.276 e. The van der Waals surface area contributed by atoms with Crippen LogP contribution >= 0.6 is 0 Å². The minimum atomic E-state index is 0.500. The molecule has 0 fully saturated rings. The maximum Gasteiger partial charge on any atom is 0.232 e. The molecule has 0 bridgehead atoms. The van der Waals surface area contributed by atoms with Gasteiger partial charge in [-0.05, 0) is 13.0 Å². The summed E-state index contributed by atoms with van der Waals surface area (Å²) < 4.78 is 0. The van der Waals surface area contributed by atoms with Crippen molar-refractivity contribution in [2.24, 2.45) is 4.99 Å². The van der Waals surface area contributed by atoms with Gasteiger partial charge in [0, 0.05) is 6.21 Å². The van der Waals surface area contributed by atoms with Gasteiger partial charge in [-0.3, -0.25) is 4.79 Å². The van der Waals surface area contributed by atoms with Crippen LogP contribution in [-0.2, 0) is 4.79 Å². The third-order valence-electron chi connectivity index (χ3n) is 0.425. The number of hydrogen-bond acceptors (Lipinski definition) is 1. The van der Waals surface area contributed by atoms with Crippen molar-refractivity contribution in [1.29, 1.82) is 0 Å². The van der Waals surface area contributed by atoms with E-state index in [9.17, 15) is 4.79 Å². The lowest BCUT2D eigenvalue weighted by Gasteiger charge is -1.63. The van der Waals surface area contributed by atoms with Crippen LogP contribution in [0.5, 0.6) is 0 Å². The van der Waals surface area contributed by atoms with E-state index in [1.165, 1.54) is 6.21 Å². The van der Waals surface area contributed by atoms with Crippen LogP contribution in [0, 0.1) is 0 Å². The molecule has 1 amide bonds. The highest BCUT2D eigenvalue weighted by molar-refractivity contribution is 5.77. The van der Waals surface area contributed by atoms with Gasteiger partial charge < -0.3 is 0 Å². The van der Waals surface area contributed by atoms with E-state index in [4.69, 9.17) is 0 Å². The summed E-state index contributed by atoms with van der Waals surface area (Å²) in [6.07, 6.45) is 5.42. The Labute approximate surface area is 42.6 Å². The number of carbonyl (C=O) groups excluding carboxylic acids is 1. The average Bonchev–Trinajstić information content (AvgIpc) is 1.69. The highest BCUT2D eigenvalue weighted by Crippen LogP contribution is 1.61. The molecule has 0 aliphatic heterocycles. The van der Waals surface area contributed by atoms with Gasteiger partial charge in [0.1, 0.15) is 0 Å². The summed E-state index contributed by atoms with van der Waals surface area (Å²) >= 11 is 0. The van der Waals surface area contributed by atoms with Crippen LogP contribution in [0.15, 0.2) is 17.1 Å². The van der Waals surface area contributed by atoms with Crippen LogP contribution in [0.4, 0.5) is 0 Å². The molecule has 0 atom stereocenters. The zero-order chi connectivity index (χ0) is 5.54. The average molecular weight is 97.1 g/mol. The number of nitrogens with zero attached hydrogens (tertiary/aromatic N) is 1. The smallest absolute Gasteiger partial charge is 0.232 e. The number of aliphatic imine (C=N–C) groups is 1. The van der Waals surface area contributed by atoms with Crippen LogP contribution in [0.3, 0.4) is 0 Å². The molecule has 0 N–H and O–H groups in total. The van der Waals surface area contributed by atoms with Crippen molar-refractivity contribution in [3.63, 3.8) is 0 Å². The summed E-state index contributed by atoms with van der Waals surface area (Å²) in [4.78, 5) is 12.7. The van der Waals surface area contributed by atoms with Gasteiger partial charge in [0.05, 0.1) is 0 Å². The van der Waals surface area contributed by atoms with Crippen LogP contribution < -0.4 is 0 Å². The van der Waals surface area contributed by atoms with Crippen LogP contribution in [0.1, 0.15) is 6.92 Å². The first-order valence-electron chi connectivity index (χ1n) is 2.00. The van der Waals surface area contributed by atoms with Gasteiger partial charge in [-0.15, -0.1) is 0 Å². The Kier molecular flexibility index (Phi) is 4.41. The summed E-state index contributed by atoms with van der Waals surface area (Å²) in [5, 5.41) is 0. The SMILES string of the molecule is C/C=C\C=NC=O.